The van der Waals surface area contributed by atoms with E-state index in [1.807, 2.05) is 31.5 Å². The maximum absolute atomic E-state index is 12.8. The molecule has 0 aliphatic carbocycles. The van der Waals surface area contributed by atoms with Crippen molar-refractivity contribution in [3.8, 4) is 0 Å². The van der Waals surface area contributed by atoms with Gasteiger partial charge in [0.25, 0.3) is 0 Å². The molecule has 0 amide bonds. The summed E-state index contributed by atoms with van der Waals surface area (Å²) >= 11 is 0. The van der Waals surface area contributed by atoms with Crippen molar-refractivity contribution in [1.82, 2.24) is 10.3 Å². The van der Waals surface area contributed by atoms with Gasteiger partial charge in [-0.05, 0) is 42.7 Å². The average molecular weight is 244 g/mol. The fourth-order valence-corrected chi connectivity index (χ4v) is 1.85. The predicted octanol–water partition coefficient (Wildman–Crippen LogP) is 3.38. The van der Waals surface area contributed by atoms with Gasteiger partial charge in [0.2, 0.25) is 0 Å². The Morgan fingerprint density at radius 1 is 1.22 bits per heavy atom. The molecule has 0 spiro atoms. The fourth-order valence-electron chi connectivity index (χ4n) is 1.85. The molecule has 1 atom stereocenters. The third kappa shape index (κ3) is 3.37. The maximum atomic E-state index is 12.8. The van der Waals surface area contributed by atoms with Crippen molar-refractivity contribution in [3.63, 3.8) is 0 Å². The summed E-state index contributed by atoms with van der Waals surface area (Å²) in [5, 5.41) is 3.40. The van der Waals surface area contributed by atoms with Gasteiger partial charge in [0, 0.05) is 25.0 Å². The highest BCUT2D eigenvalue weighted by Crippen LogP contribution is 2.13. The number of aromatic nitrogens is 1. The number of nitrogens with one attached hydrogen (secondary N) is 1. The molecule has 94 valence electrons. The molecule has 2 nitrogen and oxygen atoms in total. The normalized spacial score (nSPS) is 12.4. The molecule has 18 heavy (non-hydrogen) atoms. The predicted molar refractivity (Wildman–Crippen MR) is 70.6 cm³/mol. The quantitative estimate of drug-likeness (QED) is 0.891. The Morgan fingerprint density at radius 3 is 2.61 bits per heavy atom. The molecule has 0 bridgehead atoms. The highest BCUT2D eigenvalue weighted by molar-refractivity contribution is 5.20. The van der Waals surface area contributed by atoms with Gasteiger partial charge in [-0.3, -0.25) is 4.98 Å². The molecule has 0 saturated carbocycles. The Bertz CT molecular complexity index is 508. The molecule has 0 saturated heterocycles. The monoisotopic (exact) mass is 244 g/mol. The van der Waals surface area contributed by atoms with E-state index in [0.717, 1.165) is 23.2 Å². The average Bonchev–Trinajstić information content (AvgIpc) is 2.37. The van der Waals surface area contributed by atoms with E-state index >= 15 is 0 Å². The summed E-state index contributed by atoms with van der Waals surface area (Å²) in [6.45, 7) is 4.85. The Morgan fingerprint density at radius 2 is 1.94 bits per heavy atom. The summed E-state index contributed by atoms with van der Waals surface area (Å²) < 4.78 is 12.8. The Balaban J connectivity index is 1.96. The summed E-state index contributed by atoms with van der Waals surface area (Å²) in [7, 11) is 0. The molecule has 3 heteroatoms. The van der Waals surface area contributed by atoms with E-state index in [4.69, 9.17) is 0 Å². The van der Waals surface area contributed by atoms with Crippen LogP contribution in [0.15, 0.2) is 42.7 Å². The van der Waals surface area contributed by atoms with Crippen molar-refractivity contribution in [2.75, 3.05) is 0 Å². The lowest BCUT2D eigenvalue weighted by Crippen LogP contribution is -2.18. The molecule has 1 N–H and O–H groups in total. The Labute approximate surface area is 107 Å². The van der Waals surface area contributed by atoms with Crippen molar-refractivity contribution in [1.29, 1.82) is 0 Å². The second-order valence-corrected chi connectivity index (χ2v) is 4.52. The lowest BCUT2D eigenvalue weighted by Gasteiger charge is -2.14. The number of halogens is 1. The highest BCUT2D eigenvalue weighted by Gasteiger charge is 2.05. The smallest absolute Gasteiger partial charge is 0.123 e. The van der Waals surface area contributed by atoms with Crippen LogP contribution < -0.4 is 5.32 Å². The van der Waals surface area contributed by atoms with Gasteiger partial charge in [0.1, 0.15) is 5.82 Å². The molecule has 0 aliphatic rings. The second kappa shape index (κ2) is 5.74. The minimum Gasteiger partial charge on any atom is -0.306 e. The third-order valence-electron chi connectivity index (χ3n) is 2.91. The summed E-state index contributed by atoms with van der Waals surface area (Å²) in [4.78, 5) is 4.16. The minimum absolute atomic E-state index is 0.186. The van der Waals surface area contributed by atoms with Crippen LogP contribution in [0.3, 0.4) is 0 Å². The second-order valence-electron chi connectivity index (χ2n) is 4.52. The van der Waals surface area contributed by atoms with E-state index in [-0.39, 0.29) is 11.9 Å². The lowest BCUT2D eigenvalue weighted by atomic mass is 10.1. The molecule has 1 unspecified atom stereocenters. The zero-order valence-electron chi connectivity index (χ0n) is 10.7. The number of aryl methyl sites for hydroxylation is 1. The van der Waals surface area contributed by atoms with E-state index in [9.17, 15) is 4.39 Å². The summed E-state index contributed by atoms with van der Waals surface area (Å²) in [5.74, 6) is -0.200. The maximum Gasteiger partial charge on any atom is 0.123 e. The summed E-state index contributed by atoms with van der Waals surface area (Å²) in [6.07, 6.45) is 3.70. The van der Waals surface area contributed by atoms with E-state index in [1.54, 1.807) is 0 Å². The van der Waals surface area contributed by atoms with Crippen LogP contribution in [0.4, 0.5) is 4.39 Å². The molecule has 2 rings (SSSR count). The first-order chi connectivity index (χ1) is 8.65. The number of hydrogen-bond donors (Lipinski definition) is 1. The molecule has 0 radical (unpaired) electrons. The van der Waals surface area contributed by atoms with E-state index in [0.29, 0.717) is 0 Å². The first-order valence-corrected chi connectivity index (χ1v) is 6.04. The number of nitrogens with zero attached hydrogens (tertiary/aromatic N) is 1. The molecular formula is C15H17FN2. The van der Waals surface area contributed by atoms with Crippen molar-refractivity contribution in [3.05, 3.63) is 65.2 Å². The van der Waals surface area contributed by atoms with Crippen molar-refractivity contribution in [2.45, 2.75) is 26.4 Å². The number of hydrogen-bond acceptors (Lipinski definition) is 2. The van der Waals surface area contributed by atoms with Gasteiger partial charge in [-0.15, -0.1) is 0 Å². The van der Waals surface area contributed by atoms with Crippen LogP contribution in [0.5, 0.6) is 0 Å². The van der Waals surface area contributed by atoms with Crippen molar-refractivity contribution >= 4 is 0 Å². The van der Waals surface area contributed by atoms with Crippen LogP contribution in [0.25, 0.3) is 0 Å². The fraction of sp³-hybridized carbons (Fsp3) is 0.267. The van der Waals surface area contributed by atoms with Crippen LogP contribution in [-0.2, 0) is 6.54 Å². The Kier molecular flexibility index (Phi) is 4.05. The standard InChI is InChI=1S/C15H17FN2/c1-11-7-13(9-17-8-11)10-18-12(2)14-3-5-15(16)6-4-14/h3-9,12,18H,10H2,1-2H3. The minimum atomic E-state index is -0.200. The molecule has 1 aromatic carbocycles. The molecule has 2 aromatic rings. The van der Waals surface area contributed by atoms with Crippen molar-refractivity contribution < 1.29 is 4.39 Å². The van der Waals surface area contributed by atoms with E-state index < -0.39 is 0 Å². The number of pyridine rings is 1. The number of rotatable bonds is 4. The van der Waals surface area contributed by atoms with Crippen LogP contribution >= 0.6 is 0 Å². The van der Waals surface area contributed by atoms with Gasteiger partial charge in [-0.25, -0.2) is 4.39 Å². The molecule has 1 aromatic heterocycles. The van der Waals surface area contributed by atoms with Crippen LogP contribution in [-0.4, -0.2) is 4.98 Å². The Hall–Kier alpha value is -1.74. The zero-order chi connectivity index (χ0) is 13.0. The first kappa shape index (κ1) is 12.7. The third-order valence-corrected chi connectivity index (χ3v) is 2.91. The van der Waals surface area contributed by atoms with E-state index in [1.165, 1.54) is 12.1 Å². The summed E-state index contributed by atoms with van der Waals surface area (Å²) in [6, 6.07) is 8.88. The van der Waals surface area contributed by atoms with Crippen LogP contribution in [0.2, 0.25) is 0 Å². The van der Waals surface area contributed by atoms with Gasteiger partial charge in [-0.1, -0.05) is 18.2 Å². The van der Waals surface area contributed by atoms with Gasteiger partial charge >= 0.3 is 0 Å². The molecule has 0 fully saturated rings. The largest absolute Gasteiger partial charge is 0.306 e. The van der Waals surface area contributed by atoms with Crippen LogP contribution in [0, 0.1) is 12.7 Å². The van der Waals surface area contributed by atoms with Gasteiger partial charge in [-0.2, -0.15) is 0 Å². The van der Waals surface area contributed by atoms with Gasteiger partial charge < -0.3 is 5.32 Å². The summed E-state index contributed by atoms with van der Waals surface area (Å²) in [5.41, 5.74) is 3.39. The molecule has 0 aliphatic heterocycles. The van der Waals surface area contributed by atoms with Crippen LogP contribution in [0.1, 0.15) is 29.7 Å². The van der Waals surface area contributed by atoms with Gasteiger partial charge in [0.05, 0.1) is 0 Å². The SMILES string of the molecule is Cc1cncc(CNC(C)c2ccc(F)cc2)c1. The van der Waals surface area contributed by atoms with Crippen molar-refractivity contribution in [2.24, 2.45) is 0 Å². The topological polar surface area (TPSA) is 24.9 Å². The molecule has 1 heterocycles. The van der Waals surface area contributed by atoms with Gasteiger partial charge in [0.15, 0.2) is 0 Å². The highest BCUT2D eigenvalue weighted by atomic mass is 19.1. The first-order valence-electron chi connectivity index (χ1n) is 6.04. The van der Waals surface area contributed by atoms with E-state index in [2.05, 4.69) is 23.3 Å². The lowest BCUT2D eigenvalue weighted by molar-refractivity contribution is 0.570. The number of benzene rings is 1. The molecular weight excluding hydrogens is 227 g/mol. The zero-order valence-corrected chi connectivity index (χ0v) is 10.7.